The Bertz CT molecular complexity index is 630. The lowest BCUT2D eigenvalue weighted by Crippen LogP contribution is -2.11. The molecule has 0 radical (unpaired) electrons. The third-order valence-electron chi connectivity index (χ3n) is 4.88. The van der Waals surface area contributed by atoms with Crippen molar-refractivity contribution in [3.63, 3.8) is 0 Å². The van der Waals surface area contributed by atoms with Gasteiger partial charge in [-0.1, -0.05) is 63.8 Å². The van der Waals surface area contributed by atoms with Crippen LogP contribution in [0.2, 0.25) is 0 Å². The van der Waals surface area contributed by atoms with Gasteiger partial charge < -0.3 is 9.47 Å². The molecule has 0 bridgehead atoms. The zero-order chi connectivity index (χ0) is 19.5. The molecule has 0 aliphatic carbocycles. The quantitative estimate of drug-likeness (QED) is 0.358. The van der Waals surface area contributed by atoms with Crippen molar-refractivity contribution in [3.8, 4) is 22.6 Å². The van der Waals surface area contributed by atoms with Crippen LogP contribution in [0.25, 0.3) is 11.1 Å². The minimum atomic E-state index is 0.265. The average molecular weight is 369 g/mol. The molecule has 2 heteroatoms. The monoisotopic (exact) mass is 368 g/mol. The standard InChI is InChI=1S/C25H36O2/c1-5-7-8-9-11-21(4)27-25-18-14-23(15-19-25)22-12-16-24(17-13-22)26-20(3)10-6-2/h12-21H,5-11H2,1-4H3. The number of ether oxygens (including phenoxy) is 2. The maximum Gasteiger partial charge on any atom is 0.119 e. The summed E-state index contributed by atoms with van der Waals surface area (Å²) in [7, 11) is 0. The number of hydrogen-bond donors (Lipinski definition) is 0. The van der Waals surface area contributed by atoms with Gasteiger partial charge in [0, 0.05) is 0 Å². The molecule has 2 rings (SSSR count). The molecular formula is C25H36O2. The van der Waals surface area contributed by atoms with Gasteiger partial charge in [0.1, 0.15) is 11.5 Å². The van der Waals surface area contributed by atoms with Crippen LogP contribution in [-0.4, -0.2) is 12.2 Å². The van der Waals surface area contributed by atoms with Gasteiger partial charge >= 0.3 is 0 Å². The van der Waals surface area contributed by atoms with Gasteiger partial charge in [-0.05, 0) is 68.5 Å². The molecule has 0 amide bonds. The Morgan fingerprint density at radius 2 is 1.07 bits per heavy atom. The van der Waals surface area contributed by atoms with Crippen molar-refractivity contribution >= 4 is 0 Å². The smallest absolute Gasteiger partial charge is 0.119 e. The maximum absolute atomic E-state index is 6.05. The molecule has 148 valence electrons. The van der Waals surface area contributed by atoms with Gasteiger partial charge in [-0.15, -0.1) is 0 Å². The summed E-state index contributed by atoms with van der Waals surface area (Å²) in [5.41, 5.74) is 2.40. The summed E-state index contributed by atoms with van der Waals surface area (Å²) < 4.78 is 12.0. The van der Waals surface area contributed by atoms with Gasteiger partial charge in [0.05, 0.1) is 12.2 Å². The minimum Gasteiger partial charge on any atom is -0.491 e. The molecule has 27 heavy (non-hydrogen) atoms. The molecule has 2 unspecified atom stereocenters. The molecule has 2 nitrogen and oxygen atoms in total. The summed E-state index contributed by atoms with van der Waals surface area (Å²) in [6, 6.07) is 16.8. The Kier molecular flexibility index (Phi) is 9.24. The summed E-state index contributed by atoms with van der Waals surface area (Å²) >= 11 is 0. The molecule has 0 spiro atoms. The molecule has 0 aromatic heterocycles. The molecule has 0 saturated carbocycles. The summed E-state index contributed by atoms with van der Waals surface area (Å²) in [6.45, 7) is 8.72. The van der Waals surface area contributed by atoms with E-state index < -0.39 is 0 Å². The molecule has 0 heterocycles. The van der Waals surface area contributed by atoms with Crippen LogP contribution < -0.4 is 9.47 Å². The normalized spacial score (nSPS) is 13.2. The molecule has 2 atom stereocenters. The molecule has 0 saturated heterocycles. The Balaban J connectivity index is 1.87. The first-order valence-corrected chi connectivity index (χ1v) is 10.7. The number of benzene rings is 2. The van der Waals surface area contributed by atoms with Gasteiger partial charge in [-0.3, -0.25) is 0 Å². The predicted molar refractivity (Wildman–Crippen MR) is 116 cm³/mol. The third kappa shape index (κ3) is 7.66. The van der Waals surface area contributed by atoms with Crippen molar-refractivity contribution in [2.45, 2.75) is 84.8 Å². The van der Waals surface area contributed by atoms with Crippen molar-refractivity contribution in [3.05, 3.63) is 48.5 Å². The molecule has 0 N–H and O–H groups in total. The van der Waals surface area contributed by atoms with Crippen LogP contribution in [0.4, 0.5) is 0 Å². The molecule has 2 aromatic carbocycles. The lowest BCUT2D eigenvalue weighted by atomic mass is 10.1. The fourth-order valence-electron chi connectivity index (χ4n) is 3.30. The summed E-state index contributed by atoms with van der Waals surface area (Å²) in [6.07, 6.45) is 9.05. The van der Waals surface area contributed by atoms with E-state index in [9.17, 15) is 0 Å². The zero-order valence-electron chi connectivity index (χ0n) is 17.5. The first-order chi connectivity index (χ1) is 13.1. The van der Waals surface area contributed by atoms with Crippen LogP contribution >= 0.6 is 0 Å². The van der Waals surface area contributed by atoms with Crippen LogP contribution in [0.3, 0.4) is 0 Å². The zero-order valence-corrected chi connectivity index (χ0v) is 17.5. The molecular weight excluding hydrogens is 332 g/mol. The van der Waals surface area contributed by atoms with E-state index in [0.29, 0.717) is 0 Å². The van der Waals surface area contributed by atoms with E-state index in [1.165, 1.54) is 36.8 Å². The maximum atomic E-state index is 6.05. The number of hydrogen-bond acceptors (Lipinski definition) is 2. The Morgan fingerprint density at radius 1 is 0.593 bits per heavy atom. The van der Waals surface area contributed by atoms with Crippen molar-refractivity contribution in [2.75, 3.05) is 0 Å². The third-order valence-corrected chi connectivity index (χ3v) is 4.88. The summed E-state index contributed by atoms with van der Waals surface area (Å²) in [5.74, 6) is 1.90. The highest BCUT2D eigenvalue weighted by Crippen LogP contribution is 2.26. The Morgan fingerprint density at radius 3 is 1.52 bits per heavy atom. The van der Waals surface area contributed by atoms with Crippen molar-refractivity contribution in [2.24, 2.45) is 0 Å². The van der Waals surface area contributed by atoms with Crippen molar-refractivity contribution in [1.82, 2.24) is 0 Å². The van der Waals surface area contributed by atoms with E-state index >= 15 is 0 Å². The fraction of sp³-hybridized carbons (Fsp3) is 0.520. The summed E-state index contributed by atoms with van der Waals surface area (Å²) in [4.78, 5) is 0. The van der Waals surface area contributed by atoms with E-state index in [0.717, 1.165) is 30.8 Å². The molecule has 0 fully saturated rings. The Hall–Kier alpha value is -1.96. The van der Waals surface area contributed by atoms with Crippen LogP contribution in [-0.2, 0) is 0 Å². The van der Waals surface area contributed by atoms with Gasteiger partial charge in [-0.2, -0.15) is 0 Å². The summed E-state index contributed by atoms with van der Waals surface area (Å²) in [5, 5.41) is 0. The second-order valence-electron chi connectivity index (χ2n) is 7.54. The largest absolute Gasteiger partial charge is 0.491 e. The lowest BCUT2D eigenvalue weighted by Gasteiger charge is -2.15. The minimum absolute atomic E-state index is 0.265. The second-order valence-corrected chi connectivity index (χ2v) is 7.54. The van der Waals surface area contributed by atoms with E-state index in [4.69, 9.17) is 9.47 Å². The van der Waals surface area contributed by atoms with E-state index in [1.54, 1.807) is 0 Å². The second kappa shape index (κ2) is 11.7. The van der Waals surface area contributed by atoms with Crippen molar-refractivity contribution < 1.29 is 9.47 Å². The van der Waals surface area contributed by atoms with Crippen LogP contribution in [0, 0.1) is 0 Å². The highest BCUT2D eigenvalue weighted by molar-refractivity contribution is 5.64. The van der Waals surface area contributed by atoms with E-state index in [-0.39, 0.29) is 12.2 Å². The lowest BCUT2D eigenvalue weighted by molar-refractivity contribution is 0.206. The molecule has 0 aliphatic rings. The van der Waals surface area contributed by atoms with Gasteiger partial charge in [0.15, 0.2) is 0 Å². The topological polar surface area (TPSA) is 18.5 Å². The SMILES string of the molecule is CCCCCCC(C)Oc1ccc(-c2ccc(OC(C)CCC)cc2)cc1. The van der Waals surface area contributed by atoms with Gasteiger partial charge in [0.2, 0.25) is 0 Å². The Labute approximate surface area is 165 Å². The van der Waals surface area contributed by atoms with Gasteiger partial charge in [-0.25, -0.2) is 0 Å². The predicted octanol–water partition coefficient (Wildman–Crippen LogP) is 7.66. The first kappa shape index (κ1) is 21.3. The van der Waals surface area contributed by atoms with Crippen molar-refractivity contribution in [1.29, 1.82) is 0 Å². The average Bonchev–Trinajstić information content (AvgIpc) is 2.67. The fourth-order valence-corrected chi connectivity index (χ4v) is 3.30. The van der Waals surface area contributed by atoms with Crippen LogP contribution in [0.15, 0.2) is 48.5 Å². The van der Waals surface area contributed by atoms with E-state index in [1.807, 2.05) is 0 Å². The molecule has 0 aliphatic heterocycles. The molecule has 2 aromatic rings. The van der Waals surface area contributed by atoms with Crippen LogP contribution in [0.5, 0.6) is 11.5 Å². The number of rotatable bonds is 12. The first-order valence-electron chi connectivity index (χ1n) is 10.7. The highest BCUT2D eigenvalue weighted by Gasteiger charge is 2.06. The number of unbranched alkanes of at least 4 members (excludes halogenated alkanes) is 3. The van der Waals surface area contributed by atoms with Crippen LogP contribution in [0.1, 0.15) is 72.6 Å². The highest BCUT2D eigenvalue weighted by atomic mass is 16.5. The van der Waals surface area contributed by atoms with E-state index in [2.05, 4.69) is 76.2 Å². The van der Waals surface area contributed by atoms with Gasteiger partial charge in [0.25, 0.3) is 0 Å².